The molecule has 2 aliphatic carbocycles. The lowest BCUT2D eigenvalue weighted by molar-refractivity contribution is 0.0535. The van der Waals surface area contributed by atoms with Crippen LogP contribution in [0.5, 0.6) is 5.75 Å². The fourth-order valence-corrected chi connectivity index (χ4v) is 5.46. The van der Waals surface area contributed by atoms with Crippen molar-refractivity contribution in [3.63, 3.8) is 0 Å². The molecule has 1 N–H and O–H groups in total. The van der Waals surface area contributed by atoms with E-state index in [4.69, 9.17) is 4.43 Å². The van der Waals surface area contributed by atoms with Crippen molar-refractivity contribution in [1.82, 2.24) is 0 Å². The number of hydrogen-bond acceptors (Lipinski definition) is 2. The molecule has 0 saturated heterocycles. The highest BCUT2D eigenvalue weighted by molar-refractivity contribution is 6.69. The summed E-state index contributed by atoms with van der Waals surface area (Å²) >= 11 is 0. The fraction of sp³-hybridized carbons (Fsp3) is 0.529. The molecule has 108 valence electrons. The van der Waals surface area contributed by atoms with Crippen LogP contribution in [0, 0.1) is 0 Å². The summed E-state index contributed by atoms with van der Waals surface area (Å²) in [5, 5.41) is 9.71. The largest absolute Gasteiger partial charge is 0.508 e. The molecule has 0 aromatic heterocycles. The standard InChI is InChI=1S/C17H24O2Si/c1-20(2,3)19-17-10-4-6-13-12-14(18)8-9-15(13)16(17)7-5-11-17/h4,6,8-9,12,16,18H,5,7,10-11H2,1-3H3/t16-,17-/m0/s1. The lowest BCUT2D eigenvalue weighted by Gasteiger charge is -2.40. The van der Waals surface area contributed by atoms with Crippen molar-refractivity contribution in [3.05, 3.63) is 35.4 Å². The fourth-order valence-electron chi connectivity index (χ4n) is 3.91. The Morgan fingerprint density at radius 1 is 1.30 bits per heavy atom. The third kappa shape index (κ3) is 2.45. The molecule has 0 aliphatic heterocycles. The van der Waals surface area contributed by atoms with Gasteiger partial charge in [-0.05, 0) is 68.6 Å². The van der Waals surface area contributed by atoms with Crippen LogP contribution in [0.25, 0.3) is 6.08 Å². The number of hydrogen-bond donors (Lipinski definition) is 1. The van der Waals surface area contributed by atoms with Gasteiger partial charge in [-0.1, -0.05) is 18.2 Å². The third-order valence-electron chi connectivity index (χ3n) is 4.44. The molecule has 1 aromatic carbocycles. The molecule has 0 unspecified atom stereocenters. The minimum Gasteiger partial charge on any atom is -0.508 e. The maximum Gasteiger partial charge on any atom is 0.184 e. The van der Waals surface area contributed by atoms with Gasteiger partial charge in [0.25, 0.3) is 0 Å². The average molecular weight is 288 g/mol. The van der Waals surface area contributed by atoms with Crippen LogP contribution in [0.15, 0.2) is 24.3 Å². The number of aromatic hydroxyl groups is 1. The van der Waals surface area contributed by atoms with E-state index in [1.807, 2.05) is 12.1 Å². The van der Waals surface area contributed by atoms with E-state index in [1.54, 1.807) is 0 Å². The SMILES string of the molecule is C[Si](C)(C)O[C@]12CC=Cc3cc(O)ccc3[C@@H]1CCC2. The third-order valence-corrected chi connectivity index (χ3v) is 5.46. The molecule has 0 heterocycles. The molecular weight excluding hydrogens is 264 g/mol. The first kappa shape index (κ1) is 13.9. The van der Waals surface area contributed by atoms with E-state index in [1.165, 1.54) is 18.4 Å². The average Bonchev–Trinajstić information content (AvgIpc) is 2.65. The molecule has 0 radical (unpaired) electrons. The highest BCUT2D eigenvalue weighted by atomic mass is 28.4. The van der Waals surface area contributed by atoms with Gasteiger partial charge < -0.3 is 9.53 Å². The topological polar surface area (TPSA) is 29.5 Å². The number of phenols is 1. The van der Waals surface area contributed by atoms with Gasteiger partial charge in [0, 0.05) is 5.92 Å². The molecule has 20 heavy (non-hydrogen) atoms. The van der Waals surface area contributed by atoms with E-state index >= 15 is 0 Å². The minimum atomic E-state index is -1.58. The van der Waals surface area contributed by atoms with Crippen molar-refractivity contribution >= 4 is 14.4 Å². The van der Waals surface area contributed by atoms with Crippen molar-refractivity contribution < 1.29 is 9.53 Å². The quantitative estimate of drug-likeness (QED) is 0.802. The number of fused-ring (bicyclic) bond motifs is 3. The summed E-state index contributed by atoms with van der Waals surface area (Å²) in [6.07, 6.45) is 8.99. The van der Waals surface area contributed by atoms with E-state index in [0.717, 1.165) is 18.4 Å². The Bertz CT molecular complexity index is 544. The van der Waals surface area contributed by atoms with Crippen molar-refractivity contribution in [2.45, 2.75) is 56.8 Å². The molecule has 2 nitrogen and oxygen atoms in total. The van der Waals surface area contributed by atoms with Crippen molar-refractivity contribution in [1.29, 1.82) is 0 Å². The first-order valence-electron chi connectivity index (χ1n) is 7.59. The van der Waals surface area contributed by atoms with Gasteiger partial charge in [-0.2, -0.15) is 0 Å². The van der Waals surface area contributed by atoms with Gasteiger partial charge in [0.15, 0.2) is 8.32 Å². The second-order valence-corrected chi connectivity index (χ2v) is 11.6. The summed E-state index contributed by atoms with van der Waals surface area (Å²) in [6, 6.07) is 5.79. The van der Waals surface area contributed by atoms with Gasteiger partial charge in [0.2, 0.25) is 0 Å². The first-order chi connectivity index (χ1) is 9.40. The van der Waals surface area contributed by atoms with Crippen LogP contribution >= 0.6 is 0 Å². The Balaban J connectivity index is 2.05. The zero-order valence-electron chi connectivity index (χ0n) is 12.6. The van der Waals surface area contributed by atoms with Crippen LogP contribution in [0.1, 0.15) is 42.7 Å². The first-order valence-corrected chi connectivity index (χ1v) is 11.0. The molecule has 1 fully saturated rings. The van der Waals surface area contributed by atoms with Gasteiger partial charge in [-0.15, -0.1) is 0 Å². The maximum absolute atomic E-state index is 9.71. The zero-order valence-corrected chi connectivity index (χ0v) is 13.6. The summed E-state index contributed by atoms with van der Waals surface area (Å²) in [7, 11) is -1.58. The molecule has 1 saturated carbocycles. The van der Waals surface area contributed by atoms with Gasteiger partial charge in [-0.3, -0.25) is 0 Å². The summed E-state index contributed by atoms with van der Waals surface area (Å²) in [5.41, 5.74) is 2.51. The van der Waals surface area contributed by atoms with E-state index in [-0.39, 0.29) is 5.60 Å². The Labute approximate surface area is 122 Å². The molecule has 0 amide bonds. The smallest absolute Gasteiger partial charge is 0.184 e. The van der Waals surface area contributed by atoms with Crippen LogP contribution in [0.2, 0.25) is 19.6 Å². The van der Waals surface area contributed by atoms with Gasteiger partial charge in [0.05, 0.1) is 5.60 Å². The Morgan fingerprint density at radius 3 is 2.85 bits per heavy atom. The predicted octanol–water partition coefficient (Wildman–Crippen LogP) is 4.67. The summed E-state index contributed by atoms with van der Waals surface area (Å²) in [6.45, 7) is 6.84. The van der Waals surface area contributed by atoms with E-state index in [0.29, 0.717) is 11.7 Å². The number of benzene rings is 1. The zero-order chi connectivity index (χ0) is 14.4. The van der Waals surface area contributed by atoms with Crippen molar-refractivity contribution in [3.8, 4) is 5.75 Å². The van der Waals surface area contributed by atoms with Crippen LogP contribution in [-0.2, 0) is 4.43 Å². The lowest BCUT2D eigenvalue weighted by Crippen LogP contribution is -2.44. The normalized spacial score (nSPS) is 28.9. The number of rotatable bonds is 2. The van der Waals surface area contributed by atoms with Crippen LogP contribution in [-0.4, -0.2) is 19.0 Å². The molecule has 1 aromatic rings. The van der Waals surface area contributed by atoms with Crippen LogP contribution < -0.4 is 0 Å². The lowest BCUT2D eigenvalue weighted by atomic mass is 9.83. The van der Waals surface area contributed by atoms with Crippen molar-refractivity contribution in [2.24, 2.45) is 0 Å². The Kier molecular flexibility index (Phi) is 3.30. The maximum atomic E-state index is 9.71. The van der Waals surface area contributed by atoms with Gasteiger partial charge in [-0.25, -0.2) is 0 Å². The van der Waals surface area contributed by atoms with E-state index < -0.39 is 8.32 Å². The van der Waals surface area contributed by atoms with Crippen LogP contribution in [0.3, 0.4) is 0 Å². The highest BCUT2D eigenvalue weighted by Crippen LogP contribution is 2.51. The minimum absolute atomic E-state index is 0.0107. The van der Waals surface area contributed by atoms with Gasteiger partial charge >= 0.3 is 0 Å². The highest BCUT2D eigenvalue weighted by Gasteiger charge is 2.47. The summed E-state index contributed by atoms with van der Waals surface area (Å²) in [4.78, 5) is 0. The van der Waals surface area contributed by atoms with Crippen molar-refractivity contribution in [2.75, 3.05) is 0 Å². The molecular formula is C17H24O2Si. The second-order valence-electron chi connectivity index (χ2n) is 7.14. The molecule has 3 rings (SSSR count). The Morgan fingerprint density at radius 2 is 2.10 bits per heavy atom. The Hall–Kier alpha value is -1.06. The molecule has 2 atom stereocenters. The molecule has 2 aliphatic rings. The molecule has 0 spiro atoms. The predicted molar refractivity (Wildman–Crippen MR) is 85.5 cm³/mol. The number of phenolic OH excluding ortho intramolecular Hbond substituents is 1. The summed E-state index contributed by atoms with van der Waals surface area (Å²) in [5.74, 6) is 0.824. The van der Waals surface area contributed by atoms with E-state index in [2.05, 4.69) is 37.9 Å². The monoisotopic (exact) mass is 288 g/mol. The van der Waals surface area contributed by atoms with E-state index in [9.17, 15) is 5.11 Å². The molecule has 0 bridgehead atoms. The second kappa shape index (κ2) is 4.74. The van der Waals surface area contributed by atoms with Gasteiger partial charge in [0.1, 0.15) is 5.75 Å². The summed E-state index contributed by atoms with van der Waals surface area (Å²) < 4.78 is 6.68. The molecule has 3 heteroatoms. The van der Waals surface area contributed by atoms with Crippen LogP contribution in [0.4, 0.5) is 0 Å².